The van der Waals surface area contributed by atoms with Crippen LogP contribution < -0.4 is 4.90 Å². The smallest absolute Gasteiger partial charge is 0.313 e. The number of esters is 1. The summed E-state index contributed by atoms with van der Waals surface area (Å²) >= 11 is 0. The fourth-order valence-electron chi connectivity index (χ4n) is 2.17. The van der Waals surface area contributed by atoms with Gasteiger partial charge in [-0.1, -0.05) is 6.07 Å². The van der Waals surface area contributed by atoms with E-state index in [1.165, 1.54) is 13.2 Å². The molecule has 0 aromatic heterocycles. The van der Waals surface area contributed by atoms with Crippen molar-refractivity contribution in [3.05, 3.63) is 29.6 Å². The number of anilines is 1. The molecule has 1 aliphatic heterocycles. The molecule has 1 aromatic rings. The van der Waals surface area contributed by atoms with E-state index >= 15 is 0 Å². The predicted molar refractivity (Wildman–Crippen MR) is 59.0 cm³/mol. The van der Waals surface area contributed by atoms with Crippen LogP contribution in [0.15, 0.2) is 18.2 Å². The van der Waals surface area contributed by atoms with E-state index in [4.69, 9.17) is 4.74 Å². The molecule has 1 aromatic carbocycles. The van der Waals surface area contributed by atoms with Gasteiger partial charge in [0.2, 0.25) is 0 Å². The van der Waals surface area contributed by atoms with E-state index in [1.54, 1.807) is 6.07 Å². The van der Waals surface area contributed by atoms with E-state index in [0.29, 0.717) is 12.0 Å². The van der Waals surface area contributed by atoms with Crippen LogP contribution in [0.3, 0.4) is 0 Å². The molecule has 1 unspecified atom stereocenters. The number of rotatable bonds is 1. The van der Waals surface area contributed by atoms with Crippen LogP contribution in [0, 0.1) is 5.82 Å². The molecule has 1 heterocycles. The maximum absolute atomic E-state index is 13.8. The molecule has 0 fully saturated rings. The molecule has 4 heteroatoms. The number of carbonyl (C=O) groups excluding carboxylic acids is 1. The number of carbonyl (C=O) groups is 1. The molecule has 0 radical (unpaired) electrons. The topological polar surface area (TPSA) is 29.5 Å². The Kier molecular flexibility index (Phi) is 2.81. The van der Waals surface area contributed by atoms with Crippen molar-refractivity contribution < 1.29 is 13.9 Å². The summed E-state index contributed by atoms with van der Waals surface area (Å²) in [6, 6.07) is 4.87. The molecule has 0 saturated carbocycles. The Morgan fingerprint density at radius 1 is 1.56 bits per heavy atom. The predicted octanol–water partition coefficient (Wildman–Crippen LogP) is 1.92. The minimum Gasteiger partial charge on any atom is -0.469 e. The standard InChI is InChI=1S/C12H14FNO2/c1-14-7-6-8(12(15)16-2)11-9(13)4-3-5-10(11)14/h3-5,8H,6-7H2,1-2H3. The van der Waals surface area contributed by atoms with E-state index in [2.05, 4.69) is 0 Å². The first-order valence-electron chi connectivity index (χ1n) is 5.22. The van der Waals surface area contributed by atoms with Gasteiger partial charge >= 0.3 is 5.97 Å². The van der Waals surface area contributed by atoms with Crippen LogP contribution in [0.4, 0.5) is 10.1 Å². The summed E-state index contributed by atoms with van der Waals surface area (Å²) in [4.78, 5) is 13.5. The average molecular weight is 223 g/mol. The zero-order chi connectivity index (χ0) is 11.7. The van der Waals surface area contributed by atoms with Gasteiger partial charge in [0.15, 0.2) is 0 Å². The van der Waals surface area contributed by atoms with Gasteiger partial charge in [-0.05, 0) is 18.6 Å². The molecule has 0 N–H and O–H groups in total. The summed E-state index contributed by atoms with van der Waals surface area (Å²) < 4.78 is 18.5. The second kappa shape index (κ2) is 4.12. The third-order valence-electron chi connectivity index (χ3n) is 3.03. The second-order valence-electron chi connectivity index (χ2n) is 3.96. The fraction of sp³-hybridized carbons (Fsp3) is 0.417. The summed E-state index contributed by atoms with van der Waals surface area (Å²) in [5, 5.41) is 0. The van der Waals surface area contributed by atoms with Crippen molar-refractivity contribution >= 4 is 11.7 Å². The van der Waals surface area contributed by atoms with Crippen molar-refractivity contribution in [2.75, 3.05) is 25.6 Å². The number of hydrogen-bond acceptors (Lipinski definition) is 3. The summed E-state index contributed by atoms with van der Waals surface area (Å²) in [5.41, 5.74) is 1.24. The van der Waals surface area contributed by atoms with Gasteiger partial charge in [-0.25, -0.2) is 4.39 Å². The van der Waals surface area contributed by atoms with Gasteiger partial charge in [0.05, 0.1) is 13.0 Å². The molecule has 16 heavy (non-hydrogen) atoms. The molecule has 0 spiro atoms. The first kappa shape index (κ1) is 10.9. The zero-order valence-corrected chi connectivity index (χ0v) is 9.37. The first-order valence-corrected chi connectivity index (χ1v) is 5.22. The molecule has 0 saturated heterocycles. The average Bonchev–Trinajstić information content (AvgIpc) is 2.30. The van der Waals surface area contributed by atoms with Crippen LogP contribution >= 0.6 is 0 Å². The monoisotopic (exact) mass is 223 g/mol. The summed E-state index contributed by atoms with van der Waals surface area (Å²) in [6.45, 7) is 0.732. The molecule has 0 bridgehead atoms. The van der Waals surface area contributed by atoms with Crippen molar-refractivity contribution in [1.82, 2.24) is 0 Å². The van der Waals surface area contributed by atoms with Gasteiger partial charge in [0.1, 0.15) is 5.82 Å². The minimum absolute atomic E-state index is 0.334. The third-order valence-corrected chi connectivity index (χ3v) is 3.03. The largest absolute Gasteiger partial charge is 0.469 e. The SMILES string of the molecule is COC(=O)C1CCN(C)c2cccc(F)c21. The quantitative estimate of drug-likeness (QED) is 0.681. The van der Waals surface area contributed by atoms with Crippen molar-refractivity contribution in [3.8, 4) is 0 Å². The highest BCUT2D eigenvalue weighted by Gasteiger charge is 2.31. The lowest BCUT2D eigenvalue weighted by molar-refractivity contribution is -0.142. The second-order valence-corrected chi connectivity index (χ2v) is 3.96. The van der Waals surface area contributed by atoms with Crippen LogP contribution in [-0.2, 0) is 9.53 Å². The van der Waals surface area contributed by atoms with Crippen LogP contribution in [-0.4, -0.2) is 26.7 Å². The van der Waals surface area contributed by atoms with E-state index < -0.39 is 5.92 Å². The summed E-state index contributed by atoms with van der Waals surface area (Å²) in [5.74, 6) is -1.17. The van der Waals surface area contributed by atoms with Crippen molar-refractivity contribution in [1.29, 1.82) is 0 Å². The molecule has 2 rings (SSSR count). The first-order chi connectivity index (χ1) is 7.65. The summed E-state index contributed by atoms with van der Waals surface area (Å²) in [6.07, 6.45) is 0.594. The number of benzene rings is 1. The van der Waals surface area contributed by atoms with Gasteiger partial charge in [0.25, 0.3) is 0 Å². The Balaban J connectivity index is 2.50. The van der Waals surface area contributed by atoms with Crippen LogP contribution in [0.2, 0.25) is 0 Å². The number of halogens is 1. The molecular weight excluding hydrogens is 209 g/mol. The Bertz CT molecular complexity index is 419. The summed E-state index contributed by atoms with van der Waals surface area (Å²) in [7, 11) is 3.23. The highest BCUT2D eigenvalue weighted by molar-refractivity contribution is 5.82. The molecule has 1 atom stereocenters. The number of nitrogens with zero attached hydrogens (tertiary/aromatic N) is 1. The molecule has 0 amide bonds. The molecule has 0 aliphatic carbocycles. The van der Waals surface area contributed by atoms with Gasteiger partial charge in [-0.15, -0.1) is 0 Å². The maximum atomic E-state index is 13.8. The van der Waals surface area contributed by atoms with Gasteiger partial charge in [-0.2, -0.15) is 0 Å². The number of fused-ring (bicyclic) bond motifs is 1. The minimum atomic E-state index is -0.475. The van der Waals surface area contributed by atoms with Crippen molar-refractivity contribution in [3.63, 3.8) is 0 Å². The highest BCUT2D eigenvalue weighted by atomic mass is 19.1. The van der Waals surface area contributed by atoms with Crippen LogP contribution in [0.1, 0.15) is 17.9 Å². The molecule has 1 aliphatic rings. The van der Waals surface area contributed by atoms with E-state index in [0.717, 1.165) is 12.2 Å². The van der Waals surface area contributed by atoms with Gasteiger partial charge < -0.3 is 9.64 Å². The molecular formula is C12H14FNO2. The van der Waals surface area contributed by atoms with E-state index in [-0.39, 0.29) is 11.8 Å². The Labute approximate surface area is 93.8 Å². The van der Waals surface area contributed by atoms with Crippen LogP contribution in [0.25, 0.3) is 0 Å². The van der Waals surface area contributed by atoms with Crippen molar-refractivity contribution in [2.45, 2.75) is 12.3 Å². The Morgan fingerprint density at radius 3 is 3.00 bits per heavy atom. The fourth-order valence-corrected chi connectivity index (χ4v) is 2.17. The molecule has 3 nitrogen and oxygen atoms in total. The third kappa shape index (κ3) is 1.64. The number of hydrogen-bond donors (Lipinski definition) is 0. The highest BCUT2D eigenvalue weighted by Crippen LogP contribution is 2.36. The Hall–Kier alpha value is -1.58. The van der Waals surface area contributed by atoms with Crippen LogP contribution in [0.5, 0.6) is 0 Å². The van der Waals surface area contributed by atoms with E-state index in [1.807, 2.05) is 18.0 Å². The lowest BCUT2D eigenvalue weighted by Gasteiger charge is -2.31. The lowest BCUT2D eigenvalue weighted by atomic mass is 9.90. The number of ether oxygens (including phenoxy) is 1. The van der Waals surface area contributed by atoms with Gasteiger partial charge in [-0.3, -0.25) is 4.79 Å². The van der Waals surface area contributed by atoms with Crippen molar-refractivity contribution in [2.24, 2.45) is 0 Å². The maximum Gasteiger partial charge on any atom is 0.313 e. The van der Waals surface area contributed by atoms with E-state index in [9.17, 15) is 9.18 Å². The Morgan fingerprint density at radius 2 is 2.31 bits per heavy atom. The van der Waals surface area contributed by atoms with Gasteiger partial charge in [0, 0.05) is 24.8 Å². The zero-order valence-electron chi connectivity index (χ0n) is 9.37. The lowest BCUT2D eigenvalue weighted by Crippen LogP contribution is -2.31. The number of methoxy groups -OCH3 is 1. The normalized spacial score (nSPS) is 19.2. The molecule has 86 valence electrons.